The first-order valence-electron chi connectivity index (χ1n) is 5.28. The van der Waals surface area contributed by atoms with Crippen LogP contribution in [-0.2, 0) is 36.2 Å². The summed E-state index contributed by atoms with van der Waals surface area (Å²) in [7, 11) is 2.08. The van der Waals surface area contributed by atoms with E-state index >= 15 is 0 Å². The molecule has 0 radical (unpaired) electrons. The first kappa shape index (κ1) is 38.0. The molecule has 0 saturated heterocycles. The molecule has 3 atom stereocenters. The van der Waals surface area contributed by atoms with Crippen LogP contribution >= 0.6 is 8.81 Å². The van der Waals surface area contributed by atoms with Gasteiger partial charge in [-0.25, -0.2) is 4.79 Å². The number of carboxylic acid groups (broad SMARTS) is 2. The second kappa shape index (κ2) is 32.9. The molecule has 0 aliphatic heterocycles. The summed E-state index contributed by atoms with van der Waals surface area (Å²) in [5.41, 5.74) is 0. The van der Waals surface area contributed by atoms with E-state index in [1.165, 1.54) is 0 Å². The Morgan fingerprint density at radius 1 is 1.17 bits per heavy atom. The Labute approximate surface area is 145 Å². The van der Waals surface area contributed by atoms with Gasteiger partial charge in [0, 0.05) is 46.0 Å². The fraction of sp³-hybridized carbons (Fsp3) is 0.700. The van der Waals surface area contributed by atoms with Gasteiger partial charge >= 0.3 is 11.9 Å². The molecule has 23 heavy (non-hydrogen) atoms. The molecule has 13 heteroatoms. The summed E-state index contributed by atoms with van der Waals surface area (Å²) in [4.78, 5) is 37.9. The van der Waals surface area contributed by atoms with E-state index in [-0.39, 0.29) is 37.8 Å². The molecule has 0 heterocycles. The minimum Gasteiger partial charge on any atom is -0.481 e. The zero-order chi connectivity index (χ0) is 17.8. The Kier molecular flexibility index (Phi) is 54.4. The molecule has 0 aliphatic rings. The second-order valence-corrected chi connectivity index (χ2v) is 3.24. The minimum atomic E-state index is -1.86. The standard InChI is InChI=1S/C7H10O7.CH5OP.2CH4O.Fe.H2O/c8-3-14-2-4(1-5(9)10)6(11)7(12)13;1-3-2;2*1-2;;/h3-4,6,11H,1-2H2,(H,9,10)(H,12,13);2-3H,1H3;2*2H,1H3;;1H2. The van der Waals surface area contributed by atoms with E-state index in [2.05, 4.69) is 4.74 Å². The van der Waals surface area contributed by atoms with Crippen LogP contribution < -0.4 is 0 Å². The Bertz CT molecular complexity index is 255. The normalized spacial score (nSPS) is 10.4. The number of aliphatic hydroxyl groups excluding tert-OH is 3. The molecule has 8 N–H and O–H groups in total. The van der Waals surface area contributed by atoms with Crippen molar-refractivity contribution in [1.29, 1.82) is 0 Å². The zero-order valence-corrected chi connectivity index (χ0v) is 14.9. The molecule has 144 valence electrons. The number of rotatable bonds is 7. The maximum absolute atomic E-state index is 10.3. The van der Waals surface area contributed by atoms with Crippen LogP contribution in [0.25, 0.3) is 0 Å². The van der Waals surface area contributed by atoms with Crippen LogP contribution in [0.3, 0.4) is 0 Å². The second-order valence-electron chi connectivity index (χ2n) is 2.79. The van der Waals surface area contributed by atoms with E-state index < -0.39 is 37.0 Å². The van der Waals surface area contributed by atoms with Crippen LogP contribution in [0.5, 0.6) is 0 Å². The van der Waals surface area contributed by atoms with Crippen LogP contribution in [0.4, 0.5) is 0 Å². The maximum atomic E-state index is 10.3. The van der Waals surface area contributed by atoms with Gasteiger partial charge in [-0.2, -0.15) is 0 Å². The first-order chi connectivity index (χ1) is 9.90. The van der Waals surface area contributed by atoms with Crippen molar-refractivity contribution in [2.24, 2.45) is 5.92 Å². The number of carbonyl (C=O) groups excluding carboxylic acids is 1. The van der Waals surface area contributed by atoms with Gasteiger partial charge in [-0.1, -0.05) is 0 Å². The quantitative estimate of drug-likeness (QED) is 0.145. The van der Waals surface area contributed by atoms with Gasteiger partial charge < -0.3 is 40.6 Å². The number of carbonyl (C=O) groups is 3. The van der Waals surface area contributed by atoms with Gasteiger partial charge in [0.05, 0.1) is 13.0 Å². The van der Waals surface area contributed by atoms with Gasteiger partial charge in [-0.3, -0.25) is 9.59 Å². The largest absolute Gasteiger partial charge is 0.481 e. The van der Waals surface area contributed by atoms with Crippen molar-refractivity contribution in [1.82, 2.24) is 0 Å². The van der Waals surface area contributed by atoms with Crippen molar-refractivity contribution in [3.05, 3.63) is 0 Å². The summed E-state index contributed by atoms with van der Waals surface area (Å²) in [5.74, 6) is -3.97. The average molecular weight is 408 g/mol. The third-order valence-corrected chi connectivity index (χ3v) is 1.51. The van der Waals surface area contributed by atoms with E-state index in [0.29, 0.717) is 0 Å². The summed E-state index contributed by atoms with van der Waals surface area (Å²) in [6.07, 6.45) is -2.44. The number of ether oxygens (including phenoxy) is 1. The average Bonchev–Trinajstić information content (AvgIpc) is 2.47. The van der Waals surface area contributed by atoms with Crippen molar-refractivity contribution >= 4 is 27.2 Å². The van der Waals surface area contributed by atoms with E-state index in [1.54, 1.807) is 6.66 Å². The van der Waals surface area contributed by atoms with Gasteiger partial charge in [0.2, 0.25) is 0 Å². The fourth-order valence-corrected chi connectivity index (χ4v) is 0.851. The van der Waals surface area contributed by atoms with Crippen LogP contribution in [0.2, 0.25) is 0 Å². The predicted molar refractivity (Wildman–Crippen MR) is 77.8 cm³/mol. The minimum absolute atomic E-state index is 0. The smallest absolute Gasteiger partial charge is 0.332 e. The summed E-state index contributed by atoms with van der Waals surface area (Å²) in [5, 5.41) is 39.7. The van der Waals surface area contributed by atoms with Gasteiger partial charge in [-0.05, 0) is 6.66 Å². The molecule has 0 aliphatic carbocycles. The third kappa shape index (κ3) is 33.8. The Balaban J connectivity index is -0.0000000697. The molecule has 11 nitrogen and oxygen atoms in total. The number of hydrogen-bond acceptors (Lipinski definition) is 8. The number of carboxylic acids is 2. The molecular formula is C10H25FeO11P. The maximum Gasteiger partial charge on any atom is 0.332 e. The third-order valence-electron chi connectivity index (χ3n) is 1.51. The number of aliphatic hydroxyl groups is 3. The monoisotopic (exact) mass is 408 g/mol. The van der Waals surface area contributed by atoms with Gasteiger partial charge in [0.15, 0.2) is 6.10 Å². The Morgan fingerprint density at radius 3 is 1.74 bits per heavy atom. The van der Waals surface area contributed by atoms with Crippen LogP contribution in [0.15, 0.2) is 0 Å². The van der Waals surface area contributed by atoms with Gasteiger partial charge in [0.1, 0.15) is 0 Å². The van der Waals surface area contributed by atoms with E-state index in [1.807, 2.05) is 0 Å². The van der Waals surface area contributed by atoms with Crippen molar-refractivity contribution in [3.63, 3.8) is 0 Å². The Morgan fingerprint density at radius 2 is 1.52 bits per heavy atom. The molecular weight excluding hydrogens is 383 g/mol. The predicted octanol–water partition coefficient (Wildman–Crippen LogP) is -2.71. The molecule has 0 aromatic heterocycles. The van der Waals surface area contributed by atoms with E-state index in [9.17, 15) is 14.4 Å². The molecule has 0 amide bonds. The van der Waals surface area contributed by atoms with Crippen molar-refractivity contribution in [3.8, 4) is 0 Å². The van der Waals surface area contributed by atoms with Crippen LogP contribution in [0.1, 0.15) is 6.42 Å². The molecule has 0 spiro atoms. The SMILES string of the molecule is CO.CO.CPO.O.O=COCC(CC(=O)O)C(O)C(=O)O.[Fe]. The van der Waals surface area contributed by atoms with Gasteiger partial charge in [-0.15, -0.1) is 0 Å². The van der Waals surface area contributed by atoms with Crippen LogP contribution in [0, 0.1) is 5.92 Å². The molecule has 0 bridgehead atoms. The van der Waals surface area contributed by atoms with Crippen molar-refractivity contribution in [2.75, 3.05) is 27.5 Å². The molecule has 3 unspecified atom stereocenters. The van der Waals surface area contributed by atoms with Gasteiger partial charge in [0.25, 0.3) is 6.47 Å². The number of hydrogen-bond donors (Lipinski definition) is 6. The van der Waals surface area contributed by atoms with E-state index in [4.69, 9.17) is 30.4 Å². The Hall–Kier alpha value is -0.841. The fourth-order valence-electron chi connectivity index (χ4n) is 0.851. The topological polar surface area (TPSA) is 213 Å². The van der Waals surface area contributed by atoms with Crippen LogP contribution in [-0.4, -0.2) is 87.9 Å². The molecule has 0 aromatic rings. The summed E-state index contributed by atoms with van der Waals surface area (Å²) >= 11 is 0. The zero-order valence-electron chi connectivity index (χ0n) is 12.8. The van der Waals surface area contributed by atoms with Crippen molar-refractivity contribution < 1.29 is 72.1 Å². The van der Waals surface area contributed by atoms with Crippen molar-refractivity contribution in [2.45, 2.75) is 12.5 Å². The first-order valence-corrected chi connectivity index (χ1v) is 6.73. The number of aliphatic carboxylic acids is 2. The summed E-state index contributed by atoms with van der Waals surface area (Å²) in [6, 6.07) is 0. The molecule has 0 fully saturated rings. The summed E-state index contributed by atoms with van der Waals surface area (Å²) in [6.45, 7) is 1.33. The molecule has 0 saturated carbocycles. The molecule has 0 aromatic carbocycles. The van der Waals surface area contributed by atoms with E-state index in [0.717, 1.165) is 14.2 Å². The summed E-state index contributed by atoms with van der Waals surface area (Å²) < 4.78 is 4.20. The molecule has 0 rings (SSSR count).